The number of rotatable bonds is 3. The molecule has 1 amide bonds. The van der Waals surface area contributed by atoms with E-state index < -0.39 is 0 Å². The van der Waals surface area contributed by atoms with Gasteiger partial charge in [-0.3, -0.25) is 4.79 Å². The standard InChI is InChI=1S/C14H17N5O2/c20-14-7-19-11-3-10(16-6-9-4-15-5-9)1-2-12(11)21-8-13(19)17-18-14/h1-3,9,15-16H,4-8H2,(H,18,20). The van der Waals surface area contributed by atoms with Gasteiger partial charge in [-0.1, -0.05) is 0 Å². The molecule has 0 spiro atoms. The Kier molecular flexibility index (Phi) is 2.92. The molecule has 0 aromatic heterocycles. The summed E-state index contributed by atoms with van der Waals surface area (Å²) in [6.45, 7) is 3.77. The Hall–Kier alpha value is -2.28. The SMILES string of the molecule is O=C1CN2C(=NN1)COc1ccc(NCC3CNC3)cc12. The zero-order valence-electron chi connectivity index (χ0n) is 11.6. The van der Waals surface area contributed by atoms with Crippen LogP contribution >= 0.6 is 0 Å². The number of nitrogens with zero attached hydrogens (tertiary/aromatic N) is 2. The molecular formula is C14H17N5O2. The summed E-state index contributed by atoms with van der Waals surface area (Å²) in [7, 11) is 0. The fourth-order valence-electron chi connectivity index (χ4n) is 2.65. The molecule has 3 aliphatic rings. The molecule has 0 atom stereocenters. The van der Waals surface area contributed by atoms with Crippen LogP contribution in [0.5, 0.6) is 5.75 Å². The number of amides is 1. The summed E-state index contributed by atoms with van der Waals surface area (Å²) in [5.74, 6) is 2.11. The molecule has 3 heterocycles. The van der Waals surface area contributed by atoms with Gasteiger partial charge in [-0.15, -0.1) is 0 Å². The van der Waals surface area contributed by atoms with Crippen LogP contribution in [-0.2, 0) is 4.79 Å². The Morgan fingerprint density at radius 3 is 3.14 bits per heavy atom. The van der Waals surface area contributed by atoms with Crippen LogP contribution < -0.4 is 25.7 Å². The predicted molar refractivity (Wildman–Crippen MR) is 79.7 cm³/mol. The van der Waals surface area contributed by atoms with Crippen LogP contribution in [0.25, 0.3) is 0 Å². The van der Waals surface area contributed by atoms with Gasteiger partial charge in [0.25, 0.3) is 5.91 Å². The molecule has 0 aliphatic carbocycles. The highest BCUT2D eigenvalue weighted by Crippen LogP contribution is 2.35. The summed E-state index contributed by atoms with van der Waals surface area (Å²) in [5, 5.41) is 10.7. The summed E-state index contributed by atoms with van der Waals surface area (Å²) < 4.78 is 5.68. The third kappa shape index (κ3) is 2.29. The van der Waals surface area contributed by atoms with E-state index in [0.29, 0.717) is 12.5 Å². The van der Waals surface area contributed by atoms with E-state index >= 15 is 0 Å². The van der Waals surface area contributed by atoms with Crippen LogP contribution in [0, 0.1) is 5.92 Å². The molecule has 0 saturated carbocycles. The summed E-state index contributed by atoms with van der Waals surface area (Å²) >= 11 is 0. The molecule has 1 fully saturated rings. The number of benzene rings is 1. The maximum absolute atomic E-state index is 11.6. The zero-order chi connectivity index (χ0) is 14.2. The second-order valence-corrected chi connectivity index (χ2v) is 5.53. The monoisotopic (exact) mass is 287 g/mol. The van der Waals surface area contributed by atoms with Crippen molar-refractivity contribution in [1.82, 2.24) is 10.7 Å². The number of hydrogen-bond acceptors (Lipinski definition) is 6. The number of nitrogens with one attached hydrogen (secondary N) is 3. The van der Waals surface area contributed by atoms with Gasteiger partial charge in [-0.25, -0.2) is 5.43 Å². The highest BCUT2D eigenvalue weighted by atomic mass is 16.5. The first kappa shape index (κ1) is 12.5. The van der Waals surface area contributed by atoms with Crippen molar-refractivity contribution in [3.8, 4) is 5.75 Å². The molecule has 0 radical (unpaired) electrons. The van der Waals surface area contributed by atoms with Gasteiger partial charge in [0.1, 0.15) is 18.9 Å². The number of hydrogen-bond donors (Lipinski definition) is 3. The maximum Gasteiger partial charge on any atom is 0.260 e. The number of anilines is 2. The van der Waals surface area contributed by atoms with Gasteiger partial charge in [0, 0.05) is 31.2 Å². The van der Waals surface area contributed by atoms with E-state index in [0.717, 1.165) is 42.6 Å². The Morgan fingerprint density at radius 2 is 2.33 bits per heavy atom. The zero-order valence-corrected chi connectivity index (χ0v) is 11.6. The largest absolute Gasteiger partial charge is 0.483 e. The van der Waals surface area contributed by atoms with Crippen LogP contribution in [0.2, 0.25) is 0 Å². The molecule has 1 aromatic carbocycles. The number of carbonyl (C=O) groups is 1. The van der Waals surface area contributed by atoms with Gasteiger partial charge in [0.2, 0.25) is 0 Å². The van der Waals surface area contributed by atoms with Crippen molar-refractivity contribution in [3.05, 3.63) is 18.2 Å². The first-order valence-corrected chi connectivity index (χ1v) is 7.14. The van der Waals surface area contributed by atoms with Crippen LogP contribution in [0.4, 0.5) is 11.4 Å². The number of fused-ring (bicyclic) bond motifs is 3. The van der Waals surface area contributed by atoms with Gasteiger partial charge in [0.15, 0.2) is 5.84 Å². The quantitative estimate of drug-likeness (QED) is 0.727. The van der Waals surface area contributed by atoms with E-state index in [9.17, 15) is 4.79 Å². The molecule has 110 valence electrons. The fourth-order valence-corrected chi connectivity index (χ4v) is 2.65. The highest BCUT2D eigenvalue weighted by molar-refractivity contribution is 6.07. The van der Waals surface area contributed by atoms with Gasteiger partial charge >= 0.3 is 0 Å². The molecule has 0 unspecified atom stereocenters. The number of amidine groups is 1. The van der Waals surface area contributed by atoms with Crippen molar-refractivity contribution < 1.29 is 9.53 Å². The Morgan fingerprint density at radius 1 is 1.43 bits per heavy atom. The molecule has 0 bridgehead atoms. The molecule has 21 heavy (non-hydrogen) atoms. The second-order valence-electron chi connectivity index (χ2n) is 5.53. The van der Waals surface area contributed by atoms with Gasteiger partial charge in [-0.2, -0.15) is 5.10 Å². The minimum Gasteiger partial charge on any atom is -0.483 e. The first-order chi connectivity index (χ1) is 10.3. The van der Waals surface area contributed by atoms with E-state index in [1.54, 1.807) is 0 Å². The first-order valence-electron chi connectivity index (χ1n) is 7.14. The summed E-state index contributed by atoms with van der Waals surface area (Å²) in [6.07, 6.45) is 0. The topological polar surface area (TPSA) is 78.0 Å². The third-order valence-corrected chi connectivity index (χ3v) is 3.99. The lowest BCUT2D eigenvalue weighted by atomic mass is 10.0. The lowest BCUT2D eigenvalue weighted by Crippen LogP contribution is -2.49. The molecule has 3 N–H and O–H groups in total. The van der Waals surface area contributed by atoms with Crippen molar-refractivity contribution in [2.24, 2.45) is 11.0 Å². The number of hydrazone groups is 1. The van der Waals surface area contributed by atoms with Crippen molar-refractivity contribution in [3.63, 3.8) is 0 Å². The predicted octanol–water partition coefficient (Wildman–Crippen LogP) is -0.0400. The lowest BCUT2D eigenvalue weighted by molar-refractivity contribution is -0.119. The smallest absolute Gasteiger partial charge is 0.260 e. The minimum atomic E-state index is -0.106. The van der Waals surface area contributed by atoms with E-state index in [-0.39, 0.29) is 12.5 Å². The molecule has 3 aliphatic heterocycles. The van der Waals surface area contributed by atoms with E-state index in [1.165, 1.54) is 0 Å². The molecular weight excluding hydrogens is 270 g/mol. The second kappa shape index (κ2) is 4.92. The average Bonchev–Trinajstić information content (AvgIpc) is 2.45. The molecule has 4 rings (SSSR count). The molecule has 1 saturated heterocycles. The maximum atomic E-state index is 11.6. The number of carbonyl (C=O) groups excluding carboxylic acids is 1. The Balaban J connectivity index is 1.57. The van der Waals surface area contributed by atoms with Crippen LogP contribution in [0.15, 0.2) is 23.3 Å². The molecule has 7 heteroatoms. The average molecular weight is 287 g/mol. The summed E-state index contributed by atoms with van der Waals surface area (Å²) in [4.78, 5) is 13.5. The summed E-state index contributed by atoms with van der Waals surface area (Å²) in [5.41, 5.74) is 4.42. The van der Waals surface area contributed by atoms with Crippen molar-refractivity contribution in [2.45, 2.75) is 0 Å². The van der Waals surface area contributed by atoms with E-state index in [2.05, 4.69) is 21.2 Å². The third-order valence-electron chi connectivity index (χ3n) is 3.99. The molecule has 1 aromatic rings. The van der Waals surface area contributed by atoms with Gasteiger partial charge in [-0.05, 0) is 18.2 Å². The van der Waals surface area contributed by atoms with Crippen LogP contribution in [0.3, 0.4) is 0 Å². The normalized spacial score (nSPS) is 20.5. The van der Waals surface area contributed by atoms with Crippen molar-refractivity contribution in [1.29, 1.82) is 0 Å². The molecule has 7 nitrogen and oxygen atoms in total. The van der Waals surface area contributed by atoms with Gasteiger partial charge in [0.05, 0.1) is 5.69 Å². The Labute approximate surface area is 122 Å². The summed E-state index contributed by atoms with van der Waals surface area (Å²) in [6, 6.07) is 5.98. The Bertz CT molecular complexity index is 611. The highest BCUT2D eigenvalue weighted by Gasteiger charge is 2.29. The number of ether oxygens (including phenoxy) is 1. The van der Waals surface area contributed by atoms with Crippen LogP contribution in [0.1, 0.15) is 0 Å². The minimum absolute atomic E-state index is 0.106. The van der Waals surface area contributed by atoms with E-state index in [4.69, 9.17) is 4.74 Å². The fraction of sp³-hybridized carbons (Fsp3) is 0.429. The van der Waals surface area contributed by atoms with E-state index in [1.807, 2.05) is 23.1 Å². The van der Waals surface area contributed by atoms with Crippen molar-refractivity contribution in [2.75, 3.05) is 43.0 Å². The van der Waals surface area contributed by atoms with Gasteiger partial charge < -0.3 is 20.3 Å². The lowest BCUT2D eigenvalue weighted by Gasteiger charge is -2.34. The van der Waals surface area contributed by atoms with Crippen LogP contribution in [-0.4, -0.2) is 44.5 Å². The van der Waals surface area contributed by atoms with Crippen molar-refractivity contribution >= 4 is 23.1 Å².